The first kappa shape index (κ1) is 27.7. The number of hydrogen-bond acceptors (Lipinski definition) is 6. The number of nitrogens with one attached hydrogen (secondary N) is 1. The van der Waals surface area contributed by atoms with Gasteiger partial charge >= 0.3 is 0 Å². The molecule has 0 radical (unpaired) electrons. The van der Waals surface area contributed by atoms with E-state index in [-0.39, 0.29) is 19.2 Å². The summed E-state index contributed by atoms with van der Waals surface area (Å²) >= 11 is 12.1. The van der Waals surface area contributed by atoms with Crippen LogP contribution in [0.5, 0.6) is 0 Å². The van der Waals surface area contributed by atoms with E-state index in [0.29, 0.717) is 39.3 Å². The lowest BCUT2D eigenvalue weighted by molar-refractivity contribution is -0.127. The van der Waals surface area contributed by atoms with Crippen molar-refractivity contribution in [1.82, 2.24) is 25.5 Å². The lowest BCUT2D eigenvalue weighted by Crippen LogP contribution is -2.46. The Kier molecular flexibility index (Phi) is 8.69. The van der Waals surface area contributed by atoms with Gasteiger partial charge in [-0.2, -0.15) is 4.80 Å². The third-order valence-corrected chi connectivity index (χ3v) is 6.93. The summed E-state index contributed by atoms with van der Waals surface area (Å²) in [6.07, 6.45) is 1.64. The number of carbonyl (C=O) groups excluding carboxylic acids is 2. The van der Waals surface area contributed by atoms with E-state index < -0.39 is 23.7 Å². The zero-order valence-electron chi connectivity index (χ0n) is 21.2. The fourth-order valence-electron chi connectivity index (χ4n) is 4.44. The molecule has 12 heteroatoms. The Morgan fingerprint density at radius 1 is 1.02 bits per heavy atom. The molecule has 0 bridgehead atoms. The van der Waals surface area contributed by atoms with Gasteiger partial charge in [0.05, 0.1) is 6.10 Å². The predicted molar refractivity (Wildman–Crippen MR) is 148 cm³/mol. The molecule has 1 saturated heterocycles. The lowest BCUT2D eigenvalue weighted by Gasteiger charge is -2.31. The molecule has 2 amide bonds. The van der Waals surface area contributed by atoms with Crippen LogP contribution in [0.25, 0.3) is 11.4 Å². The number of tetrazole rings is 1. The first-order valence-corrected chi connectivity index (χ1v) is 13.4. The van der Waals surface area contributed by atoms with Crippen molar-refractivity contribution in [2.24, 2.45) is 0 Å². The molecule has 2 heterocycles. The van der Waals surface area contributed by atoms with Crippen LogP contribution in [0.4, 0.5) is 10.1 Å². The highest BCUT2D eigenvalue weighted by Crippen LogP contribution is 2.30. The molecule has 1 N–H and O–H groups in total. The molecular weight excluding hydrogens is 558 g/mol. The van der Waals surface area contributed by atoms with Crippen LogP contribution >= 0.6 is 23.2 Å². The monoisotopic (exact) mass is 582 g/mol. The molecule has 1 aliphatic rings. The topological polar surface area (TPSA) is 102 Å². The molecule has 4 aromatic rings. The molecule has 5 rings (SSSR count). The third kappa shape index (κ3) is 6.64. The van der Waals surface area contributed by atoms with Gasteiger partial charge in [-0.15, -0.1) is 10.2 Å². The second-order valence-corrected chi connectivity index (χ2v) is 10.1. The van der Waals surface area contributed by atoms with Crippen molar-refractivity contribution in [3.8, 4) is 11.4 Å². The number of ether oxygens (including phenoxy) is 1. The van der Waals surface area contributed by atoms with Crippen LogP contribution in [0.3, 0.4) is 0 Å². The highest BCUT2D eigenvalue weighted by atomic mass is 35.5. The van der Waals surface area contributed by atoms with Crippen LogP contribution in [0.2, 0.25) is 10.0 Å². The van der Waals surface area contributed by atoms with Gasteiger partial charge in [0.15, 0.2) is 0 Å². The number of hydrogen-bond donors (Lipinski definition) is 1. The van der Waals surface area contributed by atoms with Gasteiger partial charge in [0, 0.05) is 34.4 Å². The van der Waals surface area contributed by atoms with Crippen LogP contribution in [0.15, 0.2) is 72.8 Å². The van der Waals surface area contributed by atoms with Crippen molar-refractivity contribution >= 4 is 40.7 Å². The molecule has 0 saturated carbocycles. The van der Waals surface area contributed by atoms with Crippen LogP contribution < -0.4 is 10.2 Å². The average Bonchev–Trinajstić information content (AvgIpc) is 3.65. The van der Waals surface area contributed by atoms with Gasteiger partial charge in [0.2, 0.25) is 11.7 Å². The van der Waals surface area contributed by atoms with E-state index in [4.69, 9.17) is 27.9 Å². The SMILES string of the molecule is O=C(NC[C@@H]1CCCO1)[C@H](c1ccc(F)cc1)N(C(=O)Cn1nnc(-c2ccc(Cl)cc2)n1)c1ccc(Cl)cc1. The minimum Gasteiger partial charge on any atom is -0.376 e. The number of carbonyl (C=O) groups is 2. The maximum Gasteiger partial charge on any atom is 0.251 e. The number of amides is 2. The number of anilines is 1. The average molecular weight is 583 g/mol. The van der Waals surface area contributed by atoms with E-state index in [1.165, 1.54) is 29.2 Å². The van der Waals surface area contributed by atoms with Crippen molar-refractivity contribution in [2.45, 2.75) is 31.5 Å². The third-order valence-electron chi connectivity index (χ3n) is 6.43. The molecule has 206 valence electrons. The summed E-state index contributed by atoms with van der Waals surface area (Å²) in [7, 11) is 0. The molecule has 1 aromatic heterocycles. The standard InChI is InChI=1S/C28H25Cl2FN6O3/c29-20-7-3-19(4-8-20)27-33-35-36(34-27)17-25(38)37(23-13-9-21(30)10-14-23)26(18-5-11-22(31)12-6-18)28(39)32-16-24-2-1-15-40-24/h3-14,24,26H,1-2,15-17H2,(H,32,39)/t24-,26-/m0/s1. The van der Waals surface area contributed by atoms with Gasteiger partial charge < -0.3 is 10.1 Å². The molecule has 9 nitrogen and oxygen atoms in total. The van der Waals surface area contributed by atoms with E-state index in [2.05, 4.69) is 20.7 Å². The Morgan fingerprint density at radius 2 is 1.70 bits per heavy atom. The van der Waals surface area contributed by atoms with Gasteiger partial charge in [0.25, 0.3) is 5.91 Å². The Bertz CT molecular complexity index is 1460. The maximum atomic E-state index is 13.9. The number of rotatable bonds is 9. The molecule has 1 aliphatic heterocycles. The quantitative estimate of drug-likeness (QED) is 0.302. The Labute approximate surface area is 239 Å². The highest BCUT2D eigenvalue weighted by molar-refractivity contribution is 6.31. The summed E-state index contributed by atoms with van der Waals surface area (Å²) in [6.45, 7) is 0.606. The second-order valence-electron chi connectivity index (χ2n) is 9.22. The summed E-state index contributed by atoms with van der Waals surface area (Å²) in [5.74, 6) is -1.09. The van der Waals surface area contributed by atoms with Gasteiger partial charge in [-0.25, -0.2) is 4.39 Å². The molecule has 0 aliphatic carbocycles. The molecular formula is C28H25Cl2FN6O3. The van der Waals surface area contributed by atoms with E-state index in [9.17, 15) is 14.0 Å². The van der Waals surface area contributed by atoms with Gasteiger partial charge in [-0.05, 0) is 84.3 Å². The second kappa shape index (κ2) is 12.5. The van der Waals surface area contributed by atoms with Crippen LogP contribution in [-0.4, -0.2) is 51.3 Å². The Hall–Kier alpha value is -3.86. The smallest absolute Gasteiger partial charge is 0.251 e. The zero-order chi connectivity index (χ0) is 28.1. The van der Waals surface area contributed by atoms with Gasteiger partial charge in [-0.3, -0.25) is 14.5 Å². The molecule has 3 aromatic carbocycles. The number of aromatic nitrogens is 4. The predicted octanol–water partition coefficient (Wildman–Crippen LogP) is 4.86. The van der Waals surface area contributed by atoms with Crippen LogP contribution in [0.1, 0.15) is 24.4 Å². The normalized spacial score (nSPS) is 15.5. The number of benzene rings is 3. The summed E-state index contributed by atoms with van der Waals surface area (Å²) in [5, 5.41) is 16.3. The van der Waals surface area contributed by atoms with E-state index >= 15 is 0 Å². The van der Waals surface area contributed by atoms with Crippen molar-refractivity contribution in [3.63, 3.8) is 0 Å². The molecule has 1 fully saturated rings. The minimum atomic E-state index is -1.13. The fourth-order valence-corrected chi connectivity index (χ4v) is 4.69. The van der Waals surface area contributed by atoms with E-state index in [1.54, 1.807) is 48.5 Å². The van der Waals surface area contributed by atoms with Gasteiger partial charge in [0.1, 0.15) is 18.4 Å². The fraction of sp³-hybridized carbons (Fsp3) is 0.250. The first-order chi connectivity index (χ1) is 19.4. The summed E-state index contributed by atoms with van der Waals surface area (Å²) in [6, 6.07) is 17.7. The molecule has 0 unspecified atom stereocenters. The molecule has 0 spiro atoms. The van der Waals surface area contributed by atoms with Crippen molar-refractivity contribution in [1.29, 1.82) is 0 Å². The van der Waals surface area contributed by atoms with Crippen LogP contribution in [0, 0.1) is 5.82 Å². The van der Waals surface area contributed by atoms with Crippen molar-refractivity contribution in [2.75, 3.05) is 18.1 Å². The Balaban J connectivity index is 1.47. The van der Waals surface area contributed by atoms with E-state index in [0.717, 1.165) is 17.6 Å². The lowest BCUT2D eigenvalue weighted by atomic mass is 10.0. The first-order valence-electron chi connectivity index (χ1n) is 12.6. The molecule has 40 heavy (non-hydrogen) atoms. The van der Waals surface area contributed by atoms with Crippen LogP contribution in [-0.2, 0) is 20.9 Å². The summed E-state index contributed by atoms with van der Waals surface area (Å²) < 4.78 is 19.5. The highest BCUT2D eigenvalue weighted by Gasteiger charge is 2.34. The number of nitrogens with zero attached hydrogens (tertiary/aromatic N) is 5. The van der Waals surface area contributed by atoms with Gasteiger partial charge in [-0.1, -0.05) is 35.3 Å². The number of halogens is 3. The summed E-state index contributed by atoms with van der Waals surface area (Å²) in [4.78, 5) is 30.1. The maximum absolute atomic E-state index is 13.9. The minimum absolute atomic E-state index is 0.108. The van der Waals surface area contributed by atoms with E-state index in [1.807, 2.05) is 0 Å². The Morgan fingerprint density at radius 3 is 2.35 bits per heavy atom. The van der Waals surface area contributed by atoms with Crippen molar-refractivity contribution in [3.05, 3.63) is 94.2 Å². The molecule has 2 atom stereocenters. The zero-order valence-corrected chi connectivity index (χ0v) is 22.7. The van der Waals surface area contributed by atoms with Crippen molar-refractivity contribution < 1.29 is 18.7 Å². The summed E-state index contributed by atoms with van der Waals surface area (Å²) in [5.41, 5.74) is 1.51. The largest absolute Gasteiger partial charge is 0.376 e.